The fourth-order valence-corrected chi connectivity index (χ4v) is 5.62. The van der Waals surface area contributed by atoms with Crippen molar-refractivity contribution in [1.82, 2.24) is 15.2 Å². The number of pyridine rings is 1. The van der Waals surface area contributed by atoms with Crippen LogP contribution in [0.3, 0.4) is 0 Å². The van der Waals surface area contributed by atoms with Crippen molar-refractivity contribution in [2.75, 3.05) is 27.2 Å². The molecule has 4 rings (SSSR count). The van der Waals surface area contributed by atoms with E-state index < -0.39 is 40.6 Å². The summed E-state index contributed by atoms with van der Waals surface area (Å²) in [4.78, 5) is 33.1. The molecule has 1 N–H and O–H groups in total. The SMILES string of the molecule is COc1ccc(C(=O)N(C)[C@]2(C(=O)c3cc(Cl)nc(Cl)c3)CNC[C@H]2c2ccc(Cl)c(Cl)c2)cc1C(F)(F)F. The lowest BCUT2D eigenvalue weighted by Crippen LogP contribution is -2.59. The zero-order valence-electron chi connectivity index (χ0n) is 20.4. The minimum Gasteiger partial charge on any atom is -0.496 e. The molecule has 1 saturated heterocycles. The van der Waals surface area contributed by atoms with Gasteiger partial charge in [0.15, 0.2) is 5.78 Å². The maximum Gasteiger partial charge on any atom is 0.419 e. The molecular formula is C26H20Cl4F3N3O3. The van der Waals surface area contributed by atoms with Gasteiger partial charge >= 0.3 is 6.18 Å². The maximum absolute atomic E-state index is 14.3. The highest BCUT2D eigenvalue weighted by Gasteiger charge is 2.54. The van der Waals surface area contributed by atoms with Gasteiger partial charge in [-0.25, -0.2) is 4.98 Å². The van der Waals surface area contributed by atoms with Crippen molar-refractivity contribution < 1.29 is 27.5 Å². The first-order valence-corrected chi connectivity index (χ1v) is 12.9. The third-order valence-electron chi connectivity index (χ3n) is 6.74. The highest BCUT2D eigenvalue weighted by Crippen LogP contribution is 2.42. The van der Waals surface area contributed by atoms with Crippen LogP contribution in [-0.4, -0.2) is 54.4 Å². The fraction of sp³-hybridized carbons (Fsp3) is 0.269. The molecule has 13 heteroatoms. The first-order valence-electron chi connectivity index (χ1n) is 11.4. The molecule has 2 heterocycles. The molecule has 0 aliphatic carbocycles. The van der Waals surface area contributed by atoms with Crippen LogP contribution in [-0.2, 0) is 6.18 Å². The average molecular weight is 621 g/mol. The summed E-state index contributed by atoms with van der Waals surface area (Å²) in [5.74, 6) is -2.49. The normalized spacial score (nSPS) is 19.2. The summed E-state index contributed by atoms with van der Waals surface area (Å²) in [7, 11) is 2.46. The van der Waals surface area contributed by atoms with E-state index in [0.29, 0.717) is 16.7 Å². The van der Waals surface area contributed by atoms with Crippen molar-refractivity contribution >= 4 is 58.1 Å². The van der Waals surface area contributed by atoms with Crippen molar-refractivity contribution in [3.63, 3.8) is 0 Å². The summed E-state index contributed by atoms with van der Waals surface area (Å²) >= 11 is 24.5. The van der Waals surface area contributed by atoms with Crippen LogP contribution in [0.2, 0.25) is 20.4 Å². The van der Waals surface area contributed by atoms with Gasteiger partial charge in [0.05, 0.1) is 22.7 Å². The van der Waals surface area contributed by atoms with Crippen LogP contribution in [0.25, 0.3) is 0 Å². The highest BCUT2D eigenvalue weighted by atomic mass is 35.5. The Bertz CT molecular complexity index is 1430. The van der Waals surface area contributed by atoms with Crippen molar-refractivity contribution in [1.29, 1.82) is 0 Å². The Morgan fingerprint density at radius 3 is 2.26 bits per heavy atom. The molecule has 1 aromatic heterocycles. The molecule has 6 nitrogen and oxygen atoms in total. The Balaban J connectivity index is 1.89. The van der Waals surface area contributed by atoms with Gasteiger partial charge in [-0.05, 0) is 48.0 Å². The summed E-state index contributed by atoms with van der Waals surface area (Å²) in [6, 6.07) is 10.4. The van der Waals surface area contributed by atoms with E-state index in [-0.39, 0.29) is 39.5 Å². The van der Waals surface area contributed by atoms with Crippen molar-refractivity contribution in [3.05, 3.63) is 91.1 Å². The second kappa shape index (κ2) is 11.1. The number of ether oxygens (including phenoxy) is 1. The summed E-state index contributed by atoms with van der Waals surface area (Å²) in [6.45, 7) is 0.211. The molecule has 0 bridgehead atoms. The van der Waals surface area contributed by atoms with Crippen LogP contribution < -0.4 is 10.1 Å². The van der Waals surface area contributed by atoms with Crippen molar-refractivity contribution in [2.24, 2.45) is 0 Å². The molecule has 39 heavy (non-hydrogen) atoms. The first-order chi connectivity index (χ1) is 18.3. The minimum absolute atomic E-state index is 0.0289. The lowest BCUT2D eigenvalue weighted by atomic mass is 9.75. The molecule has 1 aliphatic rings. The molecule has 0 saturated carbocycles. The van der Waals surface area contributed by atoms with E-state index in [1.165, 1.54) is 25.2 Å². The van der Waals surface area contributed by atoms with Crippen molar-refractivity contribution in [3.8, 4) is 5.75 Å². The van der Waals surface area contributed by atoms with Gasteiger partial charge in [-0.2, -0.15) is 13.2 Å². The third-order valence-corrected chi connectivity index (χ3v) is 7.86. The number of hydrogen-bond acceptors (Lipinski definition) is 5. The summed E-state index contributed by atoms with van der Waals surface area (Å²) in [6.07, 6.45) is -4.78. The standard InChI is InChI=1S/C26H20Cl4F3N3O3/c1-36(24(38)14-4-6-20(39-2)16(7-14)26(31,32)33)25(23(37)15-9-21(29)35-22(30)10-15)12-34-11-17(25)13-3-5-18(27)19(28)8-13/h3-10,17,34H,11-12H2,1-2H3/t17-,25+/m0/s1. The van der Waals surface area contributed by atoms with E-state index in [9.17, 15) is 22.8 Å². The summed E-state index contributed by atoms with van der Waals surface area (Å²) in [5.41, 5.74) is -2.38. The van der Waals surface area contributed by atoms with Crippen molar-refractivity contribution in [2.45, 2.75) is 17.6 Å². The monoisotopic (exact) mass is 619 g/mol. The van der Waals surface area contributed by atoms with Crippen LogP contribution in [0.4, 0.5) is 13.2 Å². The summed E-state index contributed by atoms with van der Waals surface area (Å²) < 4.78 is 46.0. The molecule has 1 aliphatic heterocycles. The number of methoxy groups -OCH3 is 1. The van der Waals surface area contributed by atoms with E-state index >= 15 is 0 Å². The van der Waals surface area contributed by atoms with Crippen LogP contribution in [0.5, 0.6) is 5.75 Å². The number of nitrogens with zero attached hydrogens (tertiary/aromatic N) is 2. The molecule has 206 valence electrons. The highest BCUT2D eigenvalue weighted by molar-refractivity contribution is 6.42. The molecule has 2 aromatic carbocycles. The Labute approximate surface area is 241 Å². The van der Waals surface area contributed by atoms with Crippen LogP contribution in [0, 0.1) is 0 Å². The minimum atomic E-state index is -4.78. The smallest absolute Gasteiger partial charge is 0.419 e. The van der Waals surface area contributed by atoms with Gasteiger partial charge in [-0.15, -0.1) is 0 Å². The zero-order valence-corrected chi connectivity index (χ0v) is 23.4. The second-order valence-electron chi connectivity index (χ2n) is 8.89. The topological polar surface area (TPSA) is 71.5 Å². The predicted molar refractivity (Wildman–Crippen MR) is 143 cm³/mol. The van der Waals surface area contributed by atoms with Gasteiger partial charge < -0.3 is 15.0 Å². The number of amides is 1. The lowest BCUT2D eigenvalue weighted by molar-refractivity contribution is -0.138. The van der Waals surface area contributed by atoms with Gasteiger partial charge in [0.2, 0.25) is 0 Å². The molecule has 2 atom stereocenters. The Hall–Kier alpha value is -2.56. The van der Waals surface area contributed by atoms with Crippen LogP contribution >= 0.6 is 46.4 Å². The largest absolute Gasteiger partial charge is 0.496 e. The molecule has 0 unspecified atom stereocenters. The molecule has 1 fully saturated rings. The molecule has 0 radical (unpaired) electrons. The number of likely N-dealkylation sites (N-methyl/N-ethyl adjacent to an activating group) is 1. The number of rotatable bonds is 6. The zero-order chi connectivity index (χ0) is 28.7. The van der Waals surface area contributed by atoms with E-state index in [1.807, 2.05) is 0 Å². The van der Waals surface area contributed by atoms with E-state index in [1.54, 1.807) is 18.2 Å². The number of nitrogens with one attached hydrogen (secondary N) is 1. The number of benzene rings is 2. The van der Waals surface area contributed by atoms with Gasteiger partial charge in [-0.1, -0.05) is 52.5 Å². The number of carbonyl (C=O) groups is 2. The number of Topliss-reactive ketones (excluding diaryl/α,β-unsaturated/α-hetero) is 1. The van der Waals surface area contributed by atoms with E-state index in [4.69, 9.17) is 51.1 Å². The quantitative estimate of drug-likeness (QED) is 0.242. The lowest BCUT2D eigenvalue weighted by Gasteiger charge is -2.42. The van der Waals surface area contributed by atoms with Gasteiger partial charge in [0.25, 0.3) is 5.91 Å². The maximum atomic E-state index is 14.3. The first kappa shape index (κ1) is 29.4. The number of carbonyl (C=O) groups excluding carboxylic acids is 2. The average Bonchev–Trinajstić information content (AvgIpc) is 3.33. The molecular weight excluding hydrogens is 601 g/mol. The number of ketones is 1. The molecule has 3 aromatic rings. The number of aromatic nitrogens is 1. The molecule has 1 amide bonds. The fourth-order valence-electron chi connectivity index (χ4n) is 4.85. The van der Waals surface area contributed by atoms with Crippen LogP contribution in [0.1, 0.15) is 37.8 Å². The number of hydrogen-bond donors (Lipinski definition) is 1. The van der Waals surface area contributed by atoms with E-state index in [2.05, 4.69) is 10.3 Å². The van der Waals surface area contributed by atoms with Gasteiger partial charge in [0.1, 0.15) is 21.6 Å². The summed E-state index contributed by atoms with van der Waals surface area (Å²) in [5, 5.41) is 3.58. The Kier molecular flexibility index (Phi) is 8.40. The number of halogens is 7. The van der Waals surface area contributed by atoms with Gasteiger partial charge in [0, 0.05) is 37.2 Å². The Morgan fingerprint density at radius 1 is 1.00 bits per heavy atom. The molecule has 0 spiro atoms. The predicted octanol–water partition coefficient (Wildman–Crippen LogP) is 6.80. The Morgan fingerprint density at radius 2 is 1.67 bits per heavy atom. The van der Waals surface area contributed by atoms with Crippen LogP contribution in [0.15, 0.2) is 48.5 Å². The second-order valence-corrected chi connectivity index (χ2v) is 10.5. The number of alkyl halides is 3. The van der Waals surface area contributed by atoms with Gasteiger partial charge in [-0.3, -0.25) is 9.59 Å². The van der Waals surface area contributed by atoms with E-state index in [0.717, 1.165) is 18.1 Å². The third kappa shape index (κ3) is 5.56.